The van der Waals surface area contributed by atoms with Gasteiger partial charge in [-0.05, 0) is 40.2 Å². The molecule has 0 atom stereocenters. The Hall–Kier alpha value is -1.66. The van der Waals surface area contributed by atoms with Gasteiger partial charge in [0.15, 0.2) is 0 Å². The fraction of sp³-hybridized carbons (Fsp3) is 0.286. The summed E-state index contributed by atoms with van der Waals surface area (Å²) < 4.78 is 6.21. The van der Waals surface area contributed by atoms with Gasteiger partial charge in [0.05, 0.1) is 17.7 Å². The van der Waals surface area contributed by atoms with Gasteiger partial charge in [0.1, 0.15) is 12.1 Å². The van der Waals surface area contributed by atoms with Crippen LogP contribution in [0.15, 0.2) is 41.3 Å². The van der Waals surface area contributed by atoms with Gasteiger partial charge >= 0.3 is 0 Å². The topological polar surface area (TPSA) is 50.3 Å². The first-order chi connectivity index (χ1) is 9.83. The van der Waals surface area contributed by atoms with Crippen molar-refractivity contribution >= 4 is 33.1 Å². The van der Waals surface area contributed by atoms with E-state index in [9.17, 15) is 0 Å². The molecule has 3 rings (SSSR count). The minimum absolute atomic E-state index is 0.763. The molecule has 1 fully saturated rings. The summed E-state index contributed by atoms with van der Waals surface area (Å²) in [5.41, 5.74) is 2.22. The molecule has 1 saturated heterocycles. The van der Waals surface area contributed by atoms with E-state index >= 15 is 0 Å². The van der Waals surface area contributed by atoms with Crippen molar-refractivity contribution in [1.82, 2.24) is 9.97 Å². The molecule has 0 amide bonds. The number of hydrogen-bond acceptors (Lipinski definition) is 5. The van der Waals surface area contributed by atoms with Crippen LogP contribution in [0.2, 0.25) is 0 Å². The highest BCUT2D eigenvalue weighted by Crippen LogP contribution is 2.24. The van der Waals surface area contributed by atoms with Gasteiger partial charge in [-0.1, -0.05) is 0 Å². The number of benzene rings is 1. The predicted molar refractivity (Wildman–Crippen MR) is 82.5 cm³/mol. The Morgan fingerprint density at radius 3 is 2.60 bits per heavy atom. The molecule has 0 radical (unpaired) electrons. The third-order valence-corrected chi connectivity index (χ3v) is 3.75. The summed E-state index contributed by atoms with van der Waals surface area (Å²) in [7, 11) is 0. The molecular weight excluding hydrogens is 320 g/mol. The summed E-state index contributed by atoms with van der Waals surface area (Å²) >= 11 is 3.42. The Morgan fingerprint density at radius 2 is 1.90 bits per heavy atom. The number of aromatic nitrogens is 2. The van der Waals surface area contributed by atoms with Gasteiger partial charge in [-0.15, -0.1) is 0 Å². The molecule has 0 unspecified atom stereocenters. The van der Waals surface area contributed by atoms with Crippen LogP contribution in [0.4, 0.5) is 17.2 Å². The van der Waals surface area contributed by atoms with Crippen LogP contribution in [0.5, 0.6) is 0 Å². The molecule has 1 aromatic heterocycles. The third kappa shape index (κ3) is 3.08. The Balaban J connectivity index is 1.71. The van der Waals surface area contributed by atoms with Crippen LogP contribution < -0.4 is 10.2 Å². The highest BCUT2D eigenvalue weighted by atomic mass is 79.9. The summed E-state index contributed by atoms with van der Waals surface area (Å²) in [6.45, 7) is 3.50. The number of anilines is 3. The lowest BCUT2D eigenvalue weighted by molar-refractivity contribution is 0.122. The van der Waals surface area contributed by atoms with E-state index in [0.29, 0.717) is 0 Å². The minimum Gasteiger partial charge on any atom is -0.378 e. The van der Waals surface area contributed by atoms with Gasteiger partial charge in [-0.25, -0.2) is 9.97 Å². The van der Waals surface area contributed by atoms with Crippen molar-refractivity contribution in [2.45, 2.75) is 0 Å². The van der Waals surface area contributed by atoms with E-state index in [2.05, 4.69) is 60.4 Å². The van der Waals surface area contributed by atoms with Crippen molar-refractivity contribution in [1.29, 1.82) is 0 Å². The van der Waals surface area contributed by atoms with Crippen LogP contribution in [-0.4, -0.2) is 36.3 Å². The van der Waals surface area contributed by atoms with Crippen LogP contribution >= 0.6 is 15.9 Å². The molecule has 6 heteroatoms. The average Bonchev–Trinajstić information content (AvgIpc) is 2.51. The molecule has 1 aliphatic rings. The molecule has 0 spiro atoms. The standard InChI is InChI=1S/C14H15BrN4O/c15-13-9-16-10-17-14(13)18-11-1-3-12(4-2-11)19-5-7-20-8-6-19/h1-4,9-10H,5-8H2,(H,16,17,18). The maximum Gasteiger partial charge on any atom is 0.148 e. The van der Waals surface area contributed by atoms with Crippen LogP contribution in [0.3, 0.4) is 0 Å². The number of morpholine rings is 1. The normalized spacial score (nSPS) is 15.2. The lowest BCUT2D eigenvalue weighted by Gasteiger charge is -2.28. The lowest BCUT2D eigenvalue weighted by atomic mass is 10.2. The first kappa shape index (κ1) is 13.3. The third-order valence-electron chi connectivity index (χ3n) is 3.17. The average molecular weight is 335 g/mol. The minimum atomic E-state index is 0.763. The van der Waals surface area contributed by atoms with E-state index < -0.39 is 0 Å². The molecule has 104 valence electrons. The molecule has 0 bridgehead atoms. The predicted octanol–water partition coefficient (Wildman–Crippen LogP) is 2.82. The lowest BCUT2D eigenvalue weighted by Crippen LogP contribution is -2.36. The molecule has 20 heavy (non-hydrogen) atoms. The largest absolute Gasteiger partial charge is 0.378 e. The second-order valence-corrected chi connectivity index (χ2v) is 5.34. The molecule has 1 aromatic carbocycles. The van der Waals surface area contributed by atoms with Crippen LogP contribution in [-0.2, 0) is 4.74 Å². The van der Waals surface area contributed by atoms with Gasteiger partial charge in [-0.2, -0.15) is 0 Å². The van der Waals surface area contributed by atoms with Crippen molar-refractivity contribution in [2.75, 3.05) is 36.5 Å². The number of halogens is 1. The Kier molecular flexibility index (Phi) is 4.13. The molecule has 2 aromatic rings. The molecular formula is C14H15BrN4O. The van der Waals surface area contributed by atoms with Crippen molar-refractivity contribution in [3.05, 3.63) is 41.3 Å². The Bertz CT molecular complexity index is 570. The maximum atomic E-state index is 5.36. The zero-order valence-electron chi connectivity index (χ0n) is 10.9. The van der Waals surface area contributed by atoms with Crippen molar-refractivity contribution in [3.63, 3.8) is 0 Å². The zero-order valence-corrected chi connectivity index (χ0v) is 12.5. The summed E-state index contributed by atoms with van der Waals surface area (Å²) in [6.07, 6.45) is 3.24. The summed E-state index contributed by atoms with van der Waals surface area (Å²) in [4.78, 5) is 10.5. The fourth-order valence-electron chi connectivity index (χ4n) is 2.12. The van der Waals surface area contributed by atoms with Crippen LogP contribution in [0, 0.1) is 0 Å². The van der Waals surface area contributed by atoms with Gasteiger partial charge in [0.2, 0.25) is 0 Å². The van der Waals surface area contributed by atoms with Crippen LogP contribution in [0.1, 0.15) is 0 Å². The molecule has 0 saturated carbocycles. The Labute approximate surface area is 126 Å². The molecule has 5 nitrogen and oxygen atoms in total. The van der Waals surface area contributed by atoms with Crippen molar-refractivity contribution < 1.29 is 4.74 Å². The van der Waals surface area contributed by atoms with Gasteiger partial charge in [0, 0.05) is 30.7 Å². The van der Waals surface area contributed by atoms with Gasteiger partial charge < -0.3 is 15.0 Å². The summed E-state index contributed by atoms with van der Waals surface area (Å²) in [6, 6.07) is 8.34. The maximum absolute atomic E-state index is 5.36. The molecule has 1 N–H and O–H groups in total. The van der Waals surface area contributed by atoms with E-state index in [4.69, 9.17) is 4.74 Å². The number of nitrogens with zero attached hydrogens (tertiary/aromatic N) is 3. The first-order valence-electron chi connectivity index (χ1n) is 6.48. The van der Waals surface area contributed by atoms with Gasteiger partial charge in [-0.3, -0.25) is 0 Å². The smallest absolute Gasteiger partial charge is 0.148 e. The summed E-state index contributed by atoms with van der Waals surface area (Å²) in [5, 5.41) is 3.26. The number of hydrogen-bond donors (Lipinski definition) is 1. The number of ether oxygens (including phenoxy) is 1. The fourth-order valence-corrected chi connectivity index (χ4v) is 2.44. The van der Waals surface area contributed by atoms with E-state index in [0.717, 1.165) is 42.3 Å². The summed E-state index contributed by atoms with van der Waals surface area (Å²) in [5.74, 6) is 0.763. The second-order valence-electron chi connectivity index (χ2n) is 4.49. The first-order valence-corrected chi connectivity index (χ1v) is 7.27. The van der Waals surface area contributed by atoms with Gasteiger partial charge in [0.25, 0.3) is 0 Å². The molecule has 1 aliphatic heterocycles. The van der Waals surface area contributed by atoms with E-state index in [1.807, 2.05) is 0 Å². The van der Waals surface area contributed by atoms with E-state index in [1.165, 1.54) is 12.0 Å². The highest BCUT2D eigenvalue weighted by molar-refractivity contribution is 9.10. The number of rotatable bonds is 3. The van der Waals surface area contributed by atoms with Crippen LogP contribution in [0.25, 0.3) is 0 Å². The monoisotopic (exact) mass is 334 g/mol. The Morgan fingerprint density at radius 1 is 1.15 bits per heavy atom. The molecule has 0 aliphatic carbocycles. The van der Waals surface area contributed by atoms with E-state index in [1.54, 1.807) is 6.20 Å². The highest BCUT2D eigenvalue weighted by Gasteiger charge is 2.10. The second kappa shape index (κ2) is 6.19. The quantitative estimate of drug-likeness (QED) is 0.935. The molecule has 2 heterocycles. The van der Waals surface area contributed by atoms with Crippen molar-refractivity contribution in [2.24, 2.45) is 0 Å². The van der Waals surface area contributed by atoms with Crippen molar-refractivity contribution in [3.8, 4) is 0 Å². The van der Waals surface area contributed by atoms with E-state index in [-0.39, 0.29) is 0 Å². The SMILES string of the molecule is Brc1cncnc1Nc1ccc(N2CCOCC2)cc1. The zero-order chi connectivity index (χ0) is 13.8. The number of nitrogens with one attached hydrogen (secondary N) is 1.